The van der Waals surface area contributed by atoms with E-state index in [0.29, 0.717) is 6.42 Å². The first-order chi connectivity index (χ1) is 8.19. The van der Waals surface area contributed by atoms with Crippen LogP contribution in [0.3, 0.4) is 0 Å². The van der Waals surface area contributed by atoms with E-state index < -0.39 is 5.41 Å². The van der Waals surface area contributed by atoms with Crippen molar-refractivity contribution in [3.63, 3.8) is 0 Å². The Balaban J connectivity index is 2.51. The summed E-state index contributed by atoms with van der Waals surface area (Å²) in [6.07, 6.45) is 6.46. The first kappa shape index (κ1) is 11.7. The molecule has 1 atom stereocenters. The molecule has 0 fully saturated rings. The maximum absolute atomic E-state index is 9.29. The zero-order valence-corrected chi connectivity index (χ0v) is 9.76. The van der Waals surface area contributed by atoms with E-state index in [1.807, 2.05) is 48.6 Å². The van der Waals surface area contributed by atoms with Crippen LogP contribution in [0.2, 0.25) is 0 Å². The number of aliphatic hydroxyl groups excluding tert-OH is 1. The summed E-state index contributed by atoms with van der Waals surface area (Å²) in [5.74, 6) is 0. The van der Waals surface area contributed by atoms with Gasteiger partial charge >= 0.3 is 0 Å². The van der Waals surface area contributed by atoms with Crippen LogP contribution in [0.15, 0.2) is 66.4 Å². The Morgan fingerprint density at radius 2 is 1.94 bits per heavy atom. The highest BCUT2D eigenvalue weighted by Gasteiger charge is 2.33. The molecule has 2 heteroatoms. The Morgan fingerprint density at radius 3 is 2.53 bits per heavy atom. The molecule has 1 aromatic carbocycles. The molecular formula is C15H17NO. The van der Waals surface area contributed by atoms with Crippen molar-refractivity contribution >= 4 is 0 Å². The lowest BCUT2D eigenvalue weighted by Crippen LogP contribution is -2.33. The topological polar surface area (TPSA) is 46.2 Å². The molecule has 1 aliphatic rings. The fourth-order valence-corrected chi connectivity index (χ4v) is 2.27. The average molecular weight is 227 g/mol. The Bertz CT molecular complexity index is 473. The highest BCUT2D eigenvalue weighted by molar-refractivity contribution is 5.50. The van der Waals surface area contributed by atoms with Gasteiger partial charge in [0.15, 0.2) is 0 Å². The van der Waals surface area contributed by atoms with Crippen LogP contribution in [-0.4, -0.2) is 11.7 Å². The number of aliphatic hydroxyl groups is 1. The predicted octanol–water partition coefficient (Wildman–Crippen LogP) is 2.28. The minimum Gasteiger partial charge on any atom is -0.401 e. The van der Waals surface area contributed by atoms with Gasteiger partial charge in [-0.2, -0.15) is 0 Å². The lowest BCUT2D eigenvalue weighted by molar-refractivity contribution is 0.265. The molecule has 17 heavy (non-hydrogen) atoms. The van der Waals surface area contributed by atoms with Crippen LogP contribution in [0.5, 0.6) is 0 Å². The van der Waals surface area contributed by atoms with Crippen molar-refractivity contribution in [3.05, 3.63) is 72.0 Å². The molecule has 0 heterocycles. The van der Waals surface area contributed by atoms with Crippen LogP contribution in [0, 0.1) is 0 Å². The minimum atomic E-state index is -0.392. The summed E-state index contributed by atoms with van der Waals surface area (Å²) in [6, 6.07) is 10.0. The minimum absolute atomic E-state index is 0.0975. The standard InChI is InChI=1S/C15H17NO/c1-12-7-8-15(9-10-17,14(16)11-12)13-5-3-2-4-6-13/h2-8,11,17H,1,9-10,16H2. The van der Waals surface area contributed by atoms with Gasteiger partial charge in [0.2, 0.25) is 0 Å². The Kier molecular flexibility index (Phi) is 3.16. The van der Waals surface area contributed by atoms with Gasteiger partial charge in [-0.05, 0) is 23.6 Å². The van der Waals surface area contributed by atoms with Crippen molar-refractivity contribution < 1.29 is 5.11 Å². The highest BCUT2D eigenvalue weighted by atomic mass is 16.3. The zero-order valence-electron chi connectivity index (χ0n) is 9.76. The van der Waals surface area contributed by atoms with Crippen LogP contribution in [-0.2, 0) is 5.41 Å². The summed E-state index contributed by atoms with van der Waals surface area (Å²) in [5.41, 5.74) is 8.51. The summed E-state index contributed by atoms with van der Waals surface area (Å²) in [6.45, 7) is 3.98. The molecule has 1 aliphatic carbocycles. The maximum atomic E-state index is 9.29. The SMILES string of the molecule is C=C1C=CC(CCO)(c2ccccc2)C(N)=C1. The fraction of sp³-hybridized carbons (Fsp3) is 0.200. The first-order valence-corrected chi connectivity index (χ1v) is 5.71. The van der Waals surface area contributed by atoms with Crippen LogP contribution in [0.25, 0.3) is 0 Å². The number of benzene rings is 1. The third-order valence-corrected chi connectivity index (χ3v) is 3.23. The normalized spacial score (nSPS) is 23.6. The zero-order chi connectivity index (χ0) is 12.3. The third kappa shape index (κ3) is 2.04. The Hall–Kier alpha value is -1.80. The van der Waals surface area contributed by atoms with Crippen molar-refractivity contribution in [1.29, 1.82) is 0 Å². The van der Waals surface area contributed by atoms with Gasteiger partial charge < -0.3 is 10.8 Å². The van der Waals surface area contributed by atoms with Crippen molar-refractivity contribution in [2.24, 2.45) is 5.73 Å². The van der Waals surface area contributed by atoms with E-state index in [2.05, 4.69) is 6.58 Å². The number of rotatable bonds is 3. The van der Waals surface area contributed by atoms with E-state index in [1.54, 1.807) is 0 Å². The molecule has 0 saturated heterocycles. The molecule has 1 aromatic rings. The van der Waals surface area contributed by atoms with Crippen molar-refractivity contribution in [2.45, 2.75) is 11.8 Å². The molecule has 2 nitrogen and oxygen atoms in total. The first-order valence-electron chi connectivity index (χ1n) is 5.71. The van der Waals surface area contributed by atoms with Crippen LogP contribution >= 0.6 is 0 Å². The lowest BCUT2D eigenvalue weighted by atomic mass is 9.72. The van der Waals surface area contributed by atoms with E-state index in [-0.39, 0.29) is 6.61 Å². The van der Waals surface area contributed by atoms with Gasteiger partial charge in [0.25, 0.3) is 0 Å². The van der Waals surface area contributed by atoms with E-state index in [1.165, 1.54) is 0 Å². The van der Waals surface area contributed by atoms with Gasteiger partial charge in [-0.25, -0.2) is 0 Å². The van der Waals surface area contributed by atoms with Gasteiger partial charge in [0.05, 0.1) is 5.41 Å². The number of hydrogen-bond donors (Lipinski definition) is 2. The number of hydrogen-bond acceptors (Lipinski definition) is 2. The molecule has 0 spiro atoms. The van der Waals surface area contributed by atoms with Crippen LogP contribution in [0.1, 0.15) is 12.0 Å². The summed E-state index contributed by atoms with van der Waals surface area (Å²) in [5, 5.41) is 9.29. The van der Waals surface area contributed by atoms with Gasteiger partial charge in [-0.3, -0.25) is 0 Å². The predicted molar refractivity (Wildman–Crippen MR) is 70.4 cm³/mol. The molecule has 0 amide bonds. The van der Waals surface area contributed by atoms with Crippen LogP contribution < -0.4 is 5.73 Å². The fourth-order valence-electron chi connectivity index (χ4n) is 2.27. The van der Waals surface area contributed by atoms with Crippen molar-refractivity contribution in [1.82, 2.24) is 0 Å². The van der Waals surface area contributed by atoms with E-state index in [0.717, 1.165) is 16.8 Å². The van der Waals surface area contributed by atoms with E-state index in [9.17, 15) is 5.11 Å². The number of nitrogens with two attached hydrogens (primary N) is 1. The molecule has 0 radical (unpaired) electrons. The van der Waals surface area contributed by atoms with Crippen molar-refractivity contribution in [2.75, 3.05) is 6.61 Å². The monoisotopic (exact) mass is 227 g/mol. The summed E-state index contributed by atoms with van der Waals surface area (Å²) >= 11 is 0. The molecular weight excluding hydrogens is 210 g/mol. The second kappa shape index (κ2) is 4.60. The Labute approximate surface area is 102 Å². The lowest BCUT2D eigenvalue weighted by Gasteiger charge is -2.34. The average Bonchev–Trinajstić information content (AvgIpc) is 2.34. The largest absolute Gasteiger partial charge is 0.401 e. The second-order valence-corrected chi connectivity index (χ2v) is 4.32. The smallest absolute Gasteiger partial charge is 0.0552 e. The molecule has 3 N–H and O–H groups in total. The van der Waals surface area contributed by atoms with Gasteiger partial charge in [0.1, 0.15) is 0 Å². The molecule has 0 aliphatic heterocycles. The molecule has 0 saturated carbocycles. The highest BCUT2D eigenvalue weighted by Crippen LogP contribution is 2.37. The molecule has 2 rings (SSSR count). The molecule has 0 bridgehead atoms. The van der Waals surface area contributed by atoms with E-state index in [4.69, 9.17) is 5.73 Å². The molecule has 88 valence electrons. The quantitative estimate of drug-likeness (QED) is 0.832. The summed E-state index contributed by atoms with van der Waals surface area (Å²) in [4.78, 5) is 0. The van der Waals surface area contributed by atoms with Gasteiger partial charge in [-0.15, -0.1) is 0 Å². The van der Waals surface area contributed by atoms with Gasteiger partial charge in [-0.1, -0.05) is 49.1 Å². The maximum Gasteiger partial charge on any atom is 0.0552 e. The van der Waals surface area contributed by atoms with Crippen molar-refractivity contribution in [3.8, 4) is 0 Å². The van der Waals surface area contributed by atoms with E-state index >= 15 is 0 Å². The third-order valence-electron chi connectivity index (χ3n) is 3.23. The van der Waals surface area contributed by atoms with Gasteiger partial charge in [0, 0.05) is 12.3 Å². The van der Waals surface area contributed by atoms with Crippen LogP contribution in [0.4, 0.5) is 0 Å². The molecule has 0 aromatic heterocycles. The summed E-state index contributed by atoms with van der Waals surface area (Å²) < 4.78 is 0. The second-order valence-electron chi connectivity index (χ2n) is 4.32. The summed E-state index contributed by atoms with van der Waals surface area (Å²) in [7, 11) is 0. The molecule has 1 unspecified atom stereocenters. The number of allylic oxidation sites excluding steroid dienone is 4. The Morgan fingerprint density at radius 1 is 1.24 bits per heavy atom.